The fraction of sp³-hybridized carbons (Fsp3) is 0.750. The van der Waals surface area contributed by atoms with Gasteiger partial charge in [-0.25, -0.2) is 0 Å². The summed E-state index contributed by atoms with van der Waals surface area (Å²) >= 11 is 0. The van der Waals surface area contributed by atoms with Crippen LogP contribution in [0.15, 0.2) is 60.8 Å². The normalized spacial score (nSPS) is 12.5. The van der Waals surface area contributed by atoms with E-state index < -0.39 is 6.10 Å². The van der Waals surface area contributed by atoms with Gasteiger partial charge in [-0.15, -0.1) is 0 Å². The Morgan fingerprint density at radius 3 is 1.03 bits per heavy atom. The van der Waals surface area contributed by atoms with Gasteiger partial charge in [0.15, 0.2) is 6.10 Å². The number of ether oxygens (including phenoxy) is 3. The Balaban J connectivity index is 4.42. The Bertz CT molecular complexity index is 1070. The summed E-state index contributed by atoms with van der Waals surface area (Å²) in [4.78, 5) is 37.8. The number of esters is 3. The first-order chi connectivity index (χ1) is 28.5. The number of carbonyl (C=O) groups excluding carboxylic acids is 3. The first-order valence-electron chi connectivity index (χ1n) is 24.3. The molecule has 334 valence electrons. The lowest BCUT2D eigenvalue weighted by Crippen LogP contribution is -2.30. The molecular weight excluding hydrogens is 721 g/mol. The molecule has 0 spiro atoms. The van der Waals surface area contributed by atoms with E-state index in [-0.39, 0.29) is 31.1 Å². The molecule has 58 heavy (non-hydrogen) atoms. The molecular formula is C52H90O6. The molecule has 6 nitrogen and oxygen atoms in total. The molecule has 0 aromatic rings. The summed E-state index contributed by atoms with van der Waals surface area (Å²) < 4.78 is 16.7. The minimum atomic E-state index is -0.788. The van der Waals surface area contributed by atoms with Crippen molar-refractivity contribution in [3.63, 3.8) is 0 Å². The van der Waals surface area contributed by atoms with E-state index in [1.165, 1.54) is 89.9 Å². The van der Waals surface area contributed by atoms with Crippen molar-refractivity contribution in [1.29, 1.82) is 0 Å². The molecule has 0 heterocycles. The van der Waals surface area contributed by atoms with Gasteiger partial charge in [0.2, 0.25) is 0 Å². The number of rotatable bonds is 43. The number of hydrogen-bond donors (Lipinski definition) is 0. The van der Waals surface area contributed by atoms with E-state index in [0.29, 0.717) is 19.3 Å². The Labute approximate surface area is 358 Å². The van der Waals surface area contributed by atoms with Crippen LogP contribution >= 0.6 is 0 Å². The van der Waals surface area contributed by atoms with Gasteiger partial charge in [0.25, 0.3) is 0 Å². The van der Waals surface area contributed by atoms with Crippen molar-refractivity contribution in [1.82, 2.24) is 0 Å². The van der Waals surface area contributed by atoms with Crippen LogP contribution in [0.2, 0.25) is 0 Å². The van der Waals surface area contributed by atoms with Gasteiger partial charge in [-0.05, 0) is 103 Å². The second kappa shape index (κ2) is 46.8. The third kappa shape index (κ3) is 44.2. The van der Waals surface area contributed by atoms with Crippen molar-refractivity contribution in [2.75, 3.05) is 13.2 Å². The molecule has 0 aliphatic carbocycles. The van der Waals surface area contributed by atoms with Crippen LogP contribution in [0.3, 0.4) is 0 Å². The van der Waals surface area contributed by atoms with Gasteiger partial charge in [-0.3, -0.25) is 14.4 Å². The molecule has 1 atom stereocenters. The molecule has 0 aliphatic heterocycles. The summed E-state index contributed by atoms with van der Waals surface area (Å²) in [7, 11) is 0. The van der Waals surface area contributed by atoms with E-state index in [2.05, 4.69) is 81.5 Å². The predicted octanol–water partition coefficient (Wildman–Crippen LogP) is 15.7. The lowest BCUT2D eigenvalue weighted by Gasteiger charge is -2.18. The third-order valence-electron chi connectivity index (χ3n) is 10.2. The second-order valence-electron chi connectivity index (χ2n) is 16.0. The quantitative estimate of drug-likeness (QED) is 0.0264. The summed E-state index contributed by atoms with van der Waals surface area (Å²) in [5.74, 6) is -0.931. The molecule has 0 aromatic carbocycles. The Hall–Kier alpha value is -2.89. The maximum atomic E-state index is 12.7. The van der Waals surface area contributed by atoms with Gasteiger partial charge in [0.1, 0.15) is 13.2 Å². The first kappa shape index (κ1) is 55.1. The molecule has 0 aromatic heterocycles. The summed E-state index contributed by atoms with van der Waals surface area (Å²) in [6.07, 6.45) is 56.3. The first-order valence-corrected chi connectivity index (χ1v) is 24.3. The van der Waals surface area contributed by atoms with Crippen molar-refractivity contribution in [3.8, 4) is 0 Å². The zero-order valence-electron chi connectivity index (χ0n) is 38.0. The minimum Gasteiger partial charge on any atom is -0.462 e. The van der Waals surface area contributed by atoms with Crippen LogP contribution in [-0.4, -0.2) is 37.2 Å². The average molecular weight is 811 g/mol. The summed E-state index contributed by atoms with van der Waals surface area (Å²) in [6, 6.07) is 0. The van der Waals surface area contributed by atoms with E-state index in [0.717, 1.165) is 103 Å². The fourth-order valence-electron chi connectivity index (χ4n) is 6.48. The molecule has 0 saturated heterocycles. The summed E-state index contributed by atoms with van der Waals surface area (Å²) in [5, 5.41) is 0. The zero-order valence-corrected chi connectivity index (χ0v) is 38.0. The third-order valence-corrected chi connectivity index (χ3v) is 10.2. The lowest BCUT2D eigenvalue weighted by molar-refractivity contribution is -0.167. The molecule has 0 fully saturated rings. The van der Waals surface area contributed by atoms with Crippen molar-refractivity contribution >= 4 is 17.9 Å². The highest BCUT2D eigenvalue weighted by atomic mass is 16.6. The number of allylic oxidation sites excluding steroid dienone is 10. The van der Waals surface area contributed by atoms with Gasteiger partial charge in [0, 0.05) is 19.3 Å². The maximum absolute atomic E-state index is 12.7. The zero-order chi connectivity index (χ0) is 42.3. The Morgan fingerprint density at radius 2 is 0.638 bits per heavy atom. The van der Waals surface area contributed by atoms with Crippen molar-refractivity contribution in [3.05, 3.63) is 60.8 Å². The maximum Gasteiger partial charge on any atom is 0.306 e. The fourth-order valence-corrected chi connectivity index (χ4v) is 6.48. The van der Waals surface area contributed by atoms with Gasteiger partial charge >= 0.3 is 17.9 Å². The highest BCUT2D eigenvalue weighted by molar-refractivity contribution is 5.71. The minimum absolute atomic E-state index is 0.0896. The van der Waals surface area contributed by atoms with E-state index in [9.17, 15) is 14.4 Å². The standard InChI is InChI=1S/C52H90O6/c1-4-7-10-13-16-19-22-24-25-26-27-28-31-33-36-39-42-45-51(54)57-48-49(47-56-50(53)44-41-38-35-32-29-21-18-15-12-9-6-3)58-52(55)46-43-40-37-34-30-23-20-17-14-11-8-5-2/h15-20,24-25,27-28,49H,4-14,21-23,26,29-48H2,1-3H3/b18-15-,19-16-,20-17-,25-24-,28-27-/t49-/m1/s1. The van der Waals surface area contributed by atoms with E-state index >= 15 is 0 Å². The SMILES string of the molecule is CCCC/C=C\CCCCCCCC(=O)OC[C@H](COC(=O)CCCCCC/C=C\C/C=C\C/C=C\CCCCC)OC(=O)CCCCCCC/C=C\CCCCC. The van der Waals surface area contributed by atoms with Crippen LogP contribution in [0.4, 0.5) is 0 Å². The highest BCUT2D eigenvalue weighted by Crippen LogP contribution is 2.13. The van der Waals surface area contributed by atoms with E-state index in [4.69, 9.17) is 14.2 Å². The van der Waals surface area contributed by atoms with Crippen LogP contribution in [0, 0.1) is 0 Å². The van der Waals surface area contributed by atoms with Crippen molar-refractivity contribution in [2.24, 2.45) is 0 Å². The molecule has 0 amide bonds. The summed E-state index contributed by atoms with van der Waals surface area (Å²) in [6.45, 7) is 6.50. The number of carbonyl (C=O) groups is 3. The predicted molar refractivity (Wildman–Crippen MR) is 247 cm³/mol. The summed E-state index contributed by atoms with van der Waals surface area (Å²) in [5.41, 5.74) is 0. The highest BCUT2D eigenvalue weighted by Gasteiger charge is 2.19. The van der Waals surface area contributed by atoms with Crippen LogP contribution in [0.5, 0.6) is 0 Å². The van der Waals surface area contributed by atoms with Crippen molar-refractivity contribution < 1.29 is 28.6 Å². The molecule has 0 unspecified atom stereocenters. The Kier molecular flexibility index (Phi) is 44.5. The Morgan fingerprint density at radius 1 is 0.345 bits per heavy atom. The van der Waals surface area contributed by atoms with Crippen LogP contribution < -0.4 is 0 Å². The van der Waals surface area contributed by atoms with E-state index in [1.807, 2.05) is 0 Å². The molecule has 0 saturated carbocycles. The molecule has 0 aliphatic rings. The smallest absolute Gasteiger partial charge is 0.306 e. The molecule has 0 N–H and O–H groups in total. The van der Waals surface area contributed by atoms with Gasteiger partial charge < -0.3 is 14.2 Å². The number of hydrogen-bond acceptors (Lipinski definition) is 6. The van der Waals surface area contributed by atoms with Gasteiger partial charge in [-0.2, -0.15) is 0 Å². The molecule has 0 rings (SSSR count). The number of unbranched alkanes of at least 4 members (excludes halogenated alkanes) is 22. The lowest BCUT2D eigenvalue weighted by atomic mass is 10.1. The molecule has 6 heteroatoms. The van der Waals surface area contributed by atoms with Crippen LogP contribution in [-0.2, 0) is 28.6 Å². The van der Waals surface area contributed by atoms with Crippen LogP contribution in [0.1, 0.15) is 233 Å². The molecule has 0 bridgehead atoms. The van der Waals surface area contributed by atoms with Crippen molar-refractivity contribution in [2.45, 2.75) is 239 Å². The van der Waals surface area contributed by atoms with Gasteiger partial charge in [-0.1, -0.05) is 171 Å². The van der Waals surface area contributed by atoms with Gasteiger partial charge in [0.05, 0.1) is 0 Å². The molecule has 0 radical (unpaired) electrons. The van der Waals surface area contributed by atoms with Crippen LogP contribution in [0.25, 0.3) is 0 Å². The second-order valence-corrected chi connectivity index (χ2v) is 16.0. The van der Waals surface area contributed by atoms with E-state index in [1.54, 1.807) is 0 Å². The topological polar surface area (TPSA) is 78.9 Å². The average Bonchev–Trinajstić information content (AvgIpc) is 3.22. The largest absolute Gasteiger partial charge is 0.462 e. The monoisotopic (exact) mass is 811 g/mol.